The minimum atomic E-state index is -8.48. The molecule has 0 radical (unpaired) electrons. The number of hydrogen-bond donors (Lipinski definition) is 0. The van der Waals surface area contributed by atoms with Crippen molar-refractivity contribution in [2.75, 3.05) is 0 Å². The van der Waals surface area contributed by atoms with Gasteiger partial charge in [0.2, 0.25) is 0 Å². The second-order valence-corrected chi connectivity index (χ2v) is 4.31. The summed E-state index contributed by atoms with van der Waals surface area (Å²) < 4.78 is 79.3. The summed E-state index contributed by atoms with van der Waals surface area (Å²) in [6.07, 6.45) is -5.54. The molecule has 0 aliphatic heterocycles. The molecule has 0 saturated heterocycles. The predicted molar refractivity (Wildman–Crippen MR) is 26.9 cm³/mol. The fourth-order valence-electron chi connectivity index (χ4n) is 0.221. The van der Waals surface area contributed by atoms with Crippen molar-refractivity contribution in [3.05, 3.63) is 0 Å². The molecule has 1 atom stereocenters. The average Bonchev–Trinajstić information content (AvgIpc) is 1.56. The van der Waals surface area contributed by atoms with E-state index in [1.54, 1.807) is 0 Å². The van der Waals surface area contributed by atoms with Gasteiger partial charge in [-0.2, -0.15) is 0 Å². The molecule has 0 heterocycles. The Morgan fingerprint density at radius 2 is 1.27 bits per heavy atom. The van der Waals surface area contributed by atoms with E-state index >= 15 is 0 Å². The van der Waals surface area contributed by atoms with Gasteiger partial charge in [-0.15, -0.1) is 0 Å². The van der Waals surface area contributed by atoms with Crippen molar-refractivity contribution in [3.8, 4) is 0 Å². The first-order chi connectivity index (χ1) is 4.41. The van der Waals surface area contributed by atoms with Gasteiger partial charge < -0.3 is 0 Å². The van der Waals surface area contributed by atoms with Crippen LogP contribution >= 0.6 is 7.85 Å². The van der Waals surface area contributed by atoms with E-state index in [2.05, 4.69) is 0 Å². The van der Waals surface area contributed by atoms with E-state index in [4.69, 9.17) is 0 Å². The summed E-state index contributed by atoms with van der Waals surface area (Å²) in [4.78, 5) is 0. The van der Waals surface area contributed by atoms with Crippen LogP contribution in [-0.2, 0) is 0 Å². The van der Waals surface area contributed by atoms with E-state index < -0.39 is 19.7 Å². The van der Waals surface area contributed by atoms with E-state index in [0.717, 1.165) is 0 Å². The number of hydrogen-bond acceptors (Lipinski definition) is 0. The Morgan fingerprint density at radius 1 is 1.00 bits per heavy atom. The van der Waals surface area contributed by atoms with Gasteiger partial charge in [-0.25, -0.2) is 0 Å². The zero-order valence-electron chi connectivity index (χ0n) is 5.17. The van der Waals surface area contributed by atoms with Crippen LogP contribution in [0, 0.1) is 0 Å². The maximum absolute atomic E-state index is 11.4. The molecular formula is C3H4F7P. The third kappa shape index (κ3) is 3.22. The van der Waals surface area contributed by atoms with Crippen molar-refractivity contribution in [1.82, 2.24) is 0 Å². The van der Waals surface area contributed by atoms with Crippen molar-refractivity contribution in [2.45, 2.75) is 18.8 Å². The molecule has 0 aromatic rings. The van der Waals surface area contributed by atoms with Gasteiger partial charge in [0.15, 0.2) is 0 Å². The van der Waals surface area contributed by atoms with Crippen LogP contribution in [0.15, 0.2) is 0 Å². The molecule has 11 heavy (non-hydrogen) atoms. The van der Waals surface area contributed by atoms with Crippen molar-refractivity contribution < 1.29 is 30.0 Å². The summed E-state index contributed by atoms with van der Waals surface area (Å²) in [5.74, 6) is 0. The van der Waals surface area contributed by atoms with Gasteiger partial charge in [0.05, 0.1) is 0 Å². The molecule has 70 valence electrons. The van der Waals surface area contributed by atoms with Crippen LogP contribution in [0.5, 0.6) is 0 Å². The van der Waals surface area contributed by atoms with E-state index in [-0.39, 0.29) is 6.92 Å². The zero-order valence-corrected chi connectivity index (χ0v) is 6.06. The van der Waals surface area contributed by atoms with E-state index in [1.807, 2.05) is 0 Å². The number of halogens is 7. The molecule has 0 N–H and O–H groups in total. The van der Waals surface area contributed by atoms with Crippen LogP contribution in [0.4, 0.5) is 30.0 Å². The Kier molecular flexibility index (Phi) is 2.20. The van der Waals surface area contributed by atoms with Gasteiger partial charge in [0.1, 0.15) is 0 Å². The van der Waals surface area contributed by atoms with Crippen LogP contribution in [0.3, 0.4) is 0 Å². The van der Waals surface area contributed by atoms with E-state index in [9.17, 15) is 30.0 Å². The molecule has 0 aromatic carbocycles. The monoisotopic (exact) mass is 204 g/mol. The first kappa shape index (κ1) is 10.9. The molecule has 0 nitrogen and oxygen atoms in total. The second kappa shape index (κ2) is 2.21. The summed E-state index contributed by atoms with van der Waals surface area (Å²) >= 11 is 0. The molecule has 0 bridgehead atoms. The minimum absolute atomic E-state index is 0.224. The van der Waals surface area contributed by atoms with E-state index in [1.165, 1.54) is 0 Å². The predicted octanol–water partition coefficient (Wildman–Crippen LogP) is 4.03. The van der Waals surface area contributed by atoms with E-state index in [0.29, 0.717) is 0 Å². The van der Waals surface area contributed by atoms with Gasteiger partial charge >= 0.3 is 56.6 Å². The van der Waals surface area contributed by atoms with Crippen LogP contribution in [0.2, 0.25) is 0 Å². The summed E-state index contributed by atoms with van der Waals surface area (Å²) in [7, 11) is -8.48. The van der Waals surface area contributed by atoms with Gasteiger partial charge in [0, 0.05) is 0 Å². The summed E-state index contributed by atoms with van der Waals surface area (Å²) in [6.45, 7) is -0.224. The molecule has 8 heteroatoms. The van der Waals surface area contributed by atoms with Crippen LogP contribution in [0.25, 0.3) is 0 Å². The fraction of sp³-hybridized carbons (Fsp3) is 1.00. The molecule has 0 aromatic heterocycles. The molecule has 0 aliphatic carbocycles. The maximum atomic E-state index is 11.4. The topological polar surface area (TPSA) is 0 Å². The third-order valence-corrected chi connectivity index (χ3v) is 2.52. The Morgan fingerprint density at radius 3 is 1.27 bits per heavy atom. The van der Waals surface area contributed by atoms with Gasteiger partial charge in [-0.3, -0.25) is 0 Å². The van der Waals surface area contributed by atoms with Gasteiger partial charge in [0.25, 0.3) is 0 Å². The quantitative estimate of drug-likeness (QED) is 0.446. The molecule has 0 amide bonds. The Balaban J connectivity index is 4.65. The first-order valence-electron chi connectivity index (χ1n) is 2.37. The summed E-state index contributed by atoms with van der Waals surface area (Å²) in [5.41, 5.74) is -3.83. The molecular weight excluding hydrogens is 200 g/mol. The van der Waals surface area contributed by atoms with Crippen LogP contribution in [-0.4, -0.2) is 11.8 Å². The molecule has 0 fully saturated rings. The second-order valence-electron chi connectivity index (χ2n) is 1.99. The molecule has 1 unspecified atom stereocenters. The average molecular weight is 204 g/mol. The van der Waals surface area contributed by atoms with Crippen LogP contribution < -0.4 is 0 Å². The Labute approximate surface area is 57.8 Å². The number of alkyl halides is 3. The number of rotatable bonds is 1. The Bertz CT molecular complexity index is 142. The van der Waals surface area contributed by atoms with Gasteiger partial charge in [-0.05, 0) is 0 Å². The van der Waals surface area contributed by atoms with Crippen molar-refractivity contribution in [2.24, 2.45) is 0 Å². The van der Waals surface area contributed by atoms with Gasteiger partial charge in [-0.1, -0.05) is 0 Å². The fourth-order valence-corrected chi connectivity index (χ4v) is 0.664. The normalized spacial score (nSPS) is 20.5. The molecule has 0 rings (SSSR count). The molecule has 0 aliphatic rings. The van der Waals surface area contributed by atoms with Crippen LogP contribution in [0.1, 0.15) is 6.92 Å². The summed E-state index contributed by atoms with van der Waals surface area (Å²) in [6, 6.07) is 0. The Hall–Kier alpha value is -0.0600. The first-order valence-corrected chi connectivity index (χ1v) is 4.24. The molecule has 0 saturated carbocycles. The SMILES string of the molecule is CC(C(F)(F)F)P(F)(F)(F)F. The third-order valence-electron chi connectivity index (χ3n) is 1.06. The van der Waals surface area contributed by atoms with Crippen molar-refractivity contribution in [3.63, 3.8) is 0 Å². The molecule has 0 spiro atoms. The summed E-state index contributed by atoms with van der Waals surface area (Å²) in [5, 5.41) is 0. The van der Waals surface area contributed by atoms with Crippen molar-refractivity contribution >= 4 is 7.85 Å². The van der Waals surface area contributed by atoms with Crippen molar-refractivity contribution in [1.29, 1.82) is 0 Å². The zero-order chi connectivity index (χ0) is 9.52. The standard InChI is InChI=1S/C3H4F7P/c1-2(3(4,5)6)11(7,8,9)10/h2H,1H3.